The second kappa shape index (κ2) is 4.19. The third-order valence-electron chi connectivity index (χ3n) is 3.63. The number of nitriles is 1. The largest absolute Gasteiger partial charge is 0.390 e. The lowest BCUT2D eigenvalue weighted by Crippen LogP contribution is -2.24. The highest BCUT2D eigenvalue weighted by molar-refractivity contribution is 5.86. The first-order chi connectivity index (χ1) is 9.11. The van der Waals surface area contributed by atoms with Gasteiger partial charge in [0.1, 0.15) is 11.7 Å². The molecule has 5 N–H and O–H groups in total. The molecule has 0 aliphatic heterocycles. The molecule has 7 heteroatoms. The van der Waals surface area contributed by atoms with Crippen molar-refractivity contribution < 1.29 is 10.2 Å². The zero-order valence-corrected chi connectivity index (χ0v) is 10.0. The van der Waals surface area contributed by atoms with Crippen LogP contribution in [0.25, 0.3) is 11.0 Å². The van der Waals surface area contributed by atoms with E-state index in [1.165, 1.54) is 0 Å². The average Bonchev–Trinajstić information content (AvgIpc) is 2.93. The molecule has 0 aromatic carbocycles. The summed E-state index contributed by atoms with van der Waals surface area (Å²) < 4.78 is 0. The van der Waals surface area contributed by atoms with Crippen LogP contribution in [0.1, 0.15) is 30.0 Å². The number of rotatable bonds is 1. The Morgan fingerprint density at radius 2 is 2.16 bits per heavy atom. The molecule has 0 bridgehead atoms. The maximum atomic E-state index is 10.0. The third kappa shape index (κ3) is 1.73. The molecule has 3 atom stereocenters. The number of nitrogens with zero attached hydrogens (tertiary/aromatic N) is 3. The van der Waals surface area contributed by atoms with E-state index >= 15 is 0 Å². The molecule has 1 aliphatic rings. The molecule has 2 aromatic rings. The van der Waals surface area contributed by atoms with Crippen LogP contribution in [-0.4, -0.2) is 37.4 Å². The number of aromatic nitrogens is 3. The lowest BCUT2D eigenvalue weighted by atomic mass is 9.97. The first kappa shape index (κ1) is 11.9. The third-order valence-corrected chi connectivity index (χ3v) is 3.63. The van der Waals surface area contributed by atoms with Gasteiger partial charge in [-0.3, -0.25) is 0 Å². The summed E-state index contributed by atoms with van der Waals surface area (Å²) in [6.07, 6.45) is 0.993. The molecule has 0 radical (unpaired) electrons. The predicted octanol–water partition coefficient (Wildman–Crippen LogP) is 0.0110. The van der Waals surface area contributed by atoms with Gasteiger partial charge in [0.15, 0.2) is 0 Å². The Bertz CT molecular complexity index is 675. The molecule has 2 aromatic heterocycles. The number of fused-ring (bicyclic) bond motifs is 1. The van der Waals surface area contributed by atoms with Gasteiger partial charge < -0.3 is 20.9 Å². The summed E-state index contributed by atoms with van der Waals surface area (Å²) in [5.74, 6) is -0.242. The minimum absolute atomic E-state index is 0.0856. The normalized spacial score (nSPS) is 26.7. The number of hydrogen-bond acceptors (Lipinski definition) is 6. The van der Waals surface area contributed by atoms with Crippen molar-refractivity contribution in [2.75, 3.05) is 5.73 Å². The van der Waals surface area contributed by atoms with Gasteiger partial charge in [0.05, 0.1) is 28.9 Å². The zero-order valence-electron chi connectivity index (χ0n) is 10.0. The van der Waals surface area contributed by atoms with Crippen molar-refractivity contribution in [1.82, 2.24) is 15.0 Å². The Hall–Kier alpha value is -2.17. The standard InChI is InChI=1S/C12H13N5O2/c13-3-5-4-15-11-8(5)9(16-12(14)17-11)6-1-2-7(18)10(6)19/h4,6-7,10,18-19H,1-2H2,(H3,14,15,16,17)/t6-,7+,10-/m0/s1. The van der Waals surface area contributed by atoms with Crippen LogP contribution in [0, 0.1) is 11.3 Å². The van der Waals surface area contributed by atoms with E-state index in [-0.39, 0.29) is 11.9 Å². The molecule has 0 saturated heterocycles. The molecule has 2 heterocycles. The molecule has 0 unspecified atom stereocenters. The summed E-state index contributed by atoms with van der Waals surface area (Å²) in [5.41, 5.74) is 7.08. The molecule has 1 saturated carbocycles. The number of H-pyrrole nitrogens is 1. The molecule has 0 spiro atoms. The van der Waals surface area contributed by atoms with Crippen molar-refractivity contribution >= 4 is 17.0 Å². The number of anilines is 1. The van der Waals surface area contributed by atoms with Gasteiger partial charge in [0.25, 0.3) is 0 Å². The fourth-order valence-corrected chi connectivity index (χ4v) is 2.69. The number of nitrogens with one attached hydrogen (secondary N) is 1. The van der Waals surface area contributed by atoms with Crippen LogP contribution in [0.2, 0.25) is 0 Å². The summed E-state index contributed by atoms with van der Waals surface area (Å²) in [5, 5.41) is 29.4. The molecule has 3 rings (SSSR count). The minimum atomic E-state index is -0.890. The molecule has 0 amide bonds. The van der Waals surface area contributed by atoms with E-state index in [1.54, 1.807) is 6.20 Å². The Kier molecular flexibility index (Phi) is 2.62. The van der Waals surface area contributed by atoms with E-state index < -0.39 is 12.2 Å². The Labute approximate surface area is 108 Å². The SMILES string of the molecule is N#Cc1c[nH]c2nc(N)nc([C@@H]3CC[C@@H](O)[C@H]3O)c12. The predicted molar refractivity (Wildman–Crippen MR) is 67.0 cm³/mol. The summed E-state index contributed by atoms with van der Waals surface area (Å²) in [4.78, 5) is 11.1. The monoisotopic (exact) mass is 259 g/mol. The molecule has 19 heavy (non-hydrogen) atoms. The number of nitrogens with two attached hydrogens (primary N) is 1. The number of nitrogen functional groups attached to an aromatic ring is 1. The number of aliphatic hydroxyl groups excluding tert-OH is 2. The highest BCUT2D eigenvalue weighted by Crippen LogP contribution is 2.37. The van der Waals surface area contributed by atoms with Crippen molar-refractivity contribution in [2.45, 2.75) is 31.0 Å². The van der Waals surface area contributed by atoms with Gasteiger partial charge in [-0.15, -0.1) is 0 Å². The van der Waals surface area contributed by atoms with Gasteiger partial charge >= 0.3 is 0 Å². The topological polar surface area (TPSA) is 132 Å². The smallest absolute Gasteiger partial charge is 0.222 e. The van der Waals surface area contributed by atoms with Crippen molar-refractivity contribution in [2.24, 2.45) is 0 Å². The fourth-order valence-electron chi connectivity index (χ4n) is 2.69. The van der Waals surface area contributed by atoms with E-state index in [0.717, 1.165) is 0 Å². The summed E-state index contributed by atoms with van der Waals surface area (Å²) >= 11 is 0. The lowest BCUT2D eigenvalue weighted by molar-refractivity contribution is 0.0349. The lowest BCUT2D eigenvalue weighted by Gasteiger charge is -2.17. The van der Waals surface area contributed by atoms with Gasteiger partial charge in [0, 0.05) is 12.1 Å². The molecule has 1 fully saturated rings. The van der Waals surface area contributed by atoms with Gasteiger partial charge in [0.2, 0.25) is 5.95 Å². The van der Waals surface area contributed by atoms with E-state index in [2.05, 4.69) is 21.0 Å². The van der Waals surface area contributed by atoms with Crippen molar-refractivity contribution in [1.29, 1.82) is 5.26 Å². The van der Waals surface area contributed by atoms with Gasteiger partial charge in [-0.1, -0.05) is 0 Å². The molecular weight excluding hydrogens is 246 g/mol. The first-order valence-electron chi connectivity index (χ1n) is 6.02. The molecule has 7 nitrogen and oxygen atoms in total. The first-order valence-corrected chi connectivity index (χ1v) is 6.02. The van der Waals surface area contributed by atoms with Gasteiger partial charge in [-0.25, -0.2) is 4.98 Å². The van der Waals surface area contributed by atoms with E-state index in [0.29, 0.717) is 35.1 Å². The highest BCUT2D eigenvalue weighted by atomic mass is 16.3. The second-order valence-electron chi connectivity index (χ2n) is 4.75. The average molecular weight is 259 g/mol. The Morgan fingerprint density at radius 3 is 2.79 bits per heavy atom. The van der Waals surface area contributed by atoms with E-state index in [9.17, 15) is 10.2 Å². The number of aliphatic hydroxyl groups is 2. The maximum absolute atomic E-state index is 10.0. The van der Waals surface area contributed by atoms with Crippen molar-refractivity contribution in [3.63, 3.8) is 0 Å². The second-order valence-corrected chi connectivity index (χ2v) is 4.75. The van der Waals surface area contributed by atoms with Crippen molar-refractivity contribution in [3.8, 4) is 6.07 Å². The number of aromatic amines is 1. The maximum Gasteiger partial charge on any atom is 0.222 e. The fraction of sp³-hybridized carbons (Fsp3) is 0.417. The molecule has 1 aliphatic carbocycles. The van der Waals surface area contributed by atoms with Crippen LogP contribution in [0.15, 0.2) is 6.20 Å². The van der Waals surface area contributed by atoms with Crippen LogP contribution in [0.5, 0.6) is 0 Å². The molecular formula is C12H13N5O2. The summed E-state index contributed by atoms with van der Waals surface area (Å²) in [6.45, 7) is 0. The van der Waals surface area contributed by atoms with Crippen molar-refractivity contribution in [3.05, 3.63) is 17.5 Å². The summed E-state index contributed by atoms with van der Waals surface area (Å²) in [7, 11) is 0. The Balaban J connectivity index is 2.22. The van der Waals surface area contributed by atoms with Crippen LogP contribution >= 0.6 is 0 Å². The zero-order chi connectivity index (χ0) is 13.6. The van der Waals surface area contributed by atoms with Gasteiger partial charge in [-0.05, 0) is 12.8 Å². The minimum Gasteiger partial charge on any atom is -0.390 e. The highest BCUT2D eigenvalue weighted by Gasteiger charge is 2.37. The molecule has 98 valence electrons. The number of hydrogen-bond donors (Lipinski definition) is 4. The van der Waals surface area contributed by atoms with E-state index in [1.807, 2.05) is 0 Å². The Morgan fingerprint density at radius 1 is 1.37 bits per heavy atom. The van der Waals surface area contributed by atoms with Crippen LogP contribution in [-0.2, 0) is 0 Å². The quantitative estimate of drug-likeness (QED) is 0.570. The summed E-state index contributed by atoms with van der Waals surface area (Å²) in [6, 6.07) is 2.06. The van der Waals surface area contributed by atoms with Crippen LogP contribution in [0.4, 0.5) is 5.95 Å². The van der Waals surface area contributed by atoms with E-state index in [4.69, 9.17) is 11.0 Å². The van der Waals surface area contributed by atoms with Gasteiger partial charge in [-0.2, -0.15) is 10.2 Å². The van der Waals surface area contributed by atoms with Crippen LogP contribution in [0.3, 0.4) is 0 Å². The van der Waals surface area contributed by atoms with Crippen LogP contribution < -0.4 is 5.73 Å².